The van der Waals surface area contributed by atoms with Crippen LogP contribution in [-0.2, 0) is 11.2 Å². The minimum atomic E-state index is 0.0729. The molecule has 0 bridgehead atoms. The van der Waals surface area contributed by atoms with E-state index in [-0.39, 0.29) is 11.8 Å². The van der Waals surface area contributed by atoms with Crippen LogP contribution in [0.3, 0.4) is 0 Å². The number of hydrogen-bond donors (Lipinski definition) is 1. The highest BCUT2D eigenvalue weighted by Crippen LogP contribution is 2.33. The molecule has 1 amide bonds. The van der Waals surface area contributed by atoms with E-state index in [2.05, 4.69) is 35.2 Å². The van der Waals surface area contributed by atoms with Crippen molar-refractivity contribution in [2.75, 3.05) is 36.9 Å². The number of nitrogens with one attached hydrogen (secondary N) is 1. The number of carbonyl (C=O) groups is 1. The van der Waals surface area contributed by atoms with Gasteiger partial charge in [0.2, 0.25) is 5.91 Å². The number of anilines is 2. The van der Waals surface area contributed by atoms with Crippen LogP contribution in [0.5, 0.6) is 0 Å². The summed E-state index contributed by atoms with van der Waals surface area (Å²) in [7, 11) is 2.17. The van der Waals surface area contributed by atoms with E-state index < -0.39 is 0 Å². The molecule has 2 aliphatic heterocycles. The lowest BCUT2D eigenvalue weighted by atomic mass is 9.91. The molecule has 1 unspecified atom stereocenters. The van der Waals surface area contributed by atoms with Gasteiger partial charge in [0, 0.05) is 56.1 Å². The maximum atomic E-state index is 12.4. The summed E-state index contributed by atoms with van der Waals surface area (Å²) >= 11 is 0. The van der Waals surface area contributed by atoms with Crippen molar-refractivity contribution >= 4 is 17.4 Å². The van der Waals surface area contributed by atoms with E-state index in [0.29, 0.717) is 12.0 Å². The predicted octanol–water partition coefficient (Wildman–Crippen LogP) is 2.38. The number of piperidine rings is 1. The second-order valence-corrected chi connectivity index (χ2v) is 7.22. The van der Waals surface area contributed by atoms with E-state index in [1.54, 1.807) is 0 Å². The number of likely N-dealkylation sites (tertiary alicyclic amines) is 1. The Morgan fingerprint density at radius 1 is 1.48 bits per heavy atom. The molecular formula is C18H28N4O. The molecule has 3 heterocycles. The highest BCUT2D eigenvalue weighted by Gasteiger charge is 2.33. The zero-order chi connectivity index (χ0) is 16.6. The van der Waals surface area contributed by atoms with E-state index in [0.717, 1.165) is 38.3 Å². The van der Waals surface area contributed by atoms with Gasteiger partial charge in [-0.1, -0.05) is 20.8 Å². The Hall–Kier alpha value is -1.78. The molecule has 0 aliphatic carbocycles. The van der Waals surface area contributed by atoms with Gasteiger partial charge in [0.1, 0.15) is 5.82 Å². The summed E-state index contributed by atoms with van der Waals surface area (Å²) in [6, 6.07) is 2.47. The minimum absolute atomic E-state index is 0.0729. The molecule has 2 aliphatic rings. The average molecular weight is 316 g/mol. The van der Waals surface area contributed by atoms with Crippen molar-refractivity contribution in [3.8, 4) is 0 Å². The summed E-state index contributed by atoms with van der Waals surface area (Å²) < 4.78 is 0. The van der Waals surface area contributed by atoms with Gasteiger partial charge in [0.25, 0.3) is 0 Å². The molecule has 0 aromatic carbocycles. The second-order valence-electron chi connectivity index (χ2n) is 7.22. The van der Waals surface area contributed by atoms with Crippen LogP contribution in [0.1, 0.15) is 32.8 Å². The van der Waals surface area contributed by atoms with Crippen molar-refractivity contribution in [3.63, 3.8) is 0 Å². The van der Waals surface area contributed by atoms with Gasteiger partial charge in [-0.25, -0.2) is 4.98 Å². The molecule has 23 heavy (non-hydrogen) atoms. The molecule has 0 radical (unpaired) electrons. The maximum Gasteiger partial charge on any atom is 0.225 e. The first kappa shape index (κ1) is 16.1. The van der Waals surface area contributed by atoms with Crippen LogP contribution in [-0.4, -0.2) is 48.5 Å². The number of hydrogen-bond acceptors (Lipinski definition) is 4. The Morgan fingerprint density at radius 2 is 2.26 bits per heavy atom. The summed E-state index contributed by atoms with van der Waals surface area (Å²) in [4.78, 5) is 21.2. The molecular weight excluding hydrogens is 288 g/mol. The number of likely N-dealkylation sites (N-methyl/N-ethyl adjacent to an activating group) is 1. The van der Waals surface area contributed by atoms with Crippen LogP contribution < -0.4 is 10.2 Å². The Labute approximate surface area is 139 Å². The van der Waals surface area contributed by atoms with Crippen molar-refractivity contribution < 1.29 is 4.79 Å². The summed E-state index contributed by atoms with van der Waals surface area (Å²) in [6.07, 6.45) is 3.98. The monoisotopic (exact) mass is 316 g/mol. The molecule has 3 rings (SSSR count). The van der Waals surface area contributed by atoms with E-state index in [1.807, 2.05) is 24.9 Å². The zero-order valence-corrected chi connectivity index (χ0v) is 14.7. The molecule has 1 aromatic rings. The standard InChI is InChI=1S/C18H28N4O/c1-12(2)18(23)22-10-7-13(3)16(11-22)21(4)15-6-9-20-17-14(15)5-8-19-17/h6,9,12-13,16H,5,7-8,10-11H2,1-4H3,(H,19,20)/t13-,16?/m1/s1. The van der Waals surface area contributed by atoms with E-state index in [4.69, 9.17) is 0 Å². The molecule has 1 N–H and O–H groups in total. The topological polar surface area (TPSA) is 48.5 Å². The number of amides is 1. The molecule has 2 atom stereocenters. The Kier molecular flexibility index (Phi) is 4.46. The highest BCUT2D eigenvalue weighted by molar-refractivity contribution is 5.78. The molecule has 5 heteroatoms. The van der Waals surface area contributed by atoms with Gasteiger partial charge in [0.15, 0.2) is 0 Å². The highest BCUT2D eigenvalue weighted by atomic mass is 16.2. The van der Waals surface area contributed by atoms with Crippen molar-refractivity contribution in [2.45, 2.75) is 39.7 Å². The summed E-state index contributed by atoms with van der Waals surface area (Å²) in [5.74, 6) is 1.95. The average Bonchev–Trinajstić information content (AvgIpc) is 3.02. The van der Waals surface area contributed by atoms with Gasteiger partial charge >= 0.3 is 0 Å². The lowest BCUT2D eigenvalue weighted by Gasteiger charge is -2.43. The van der Waals surface area contributed by atoms with E-state index >= 15 is 0 Å². The third-order valence-electron chi connectivity index (χ3n) is 5.30. The number of fused-ring (bicyclic) bond motifs is 1. The molecule has 0 saturated carbocycles. The zero-order valence-electron chi connectivity index (χ0n) is 14.7. The molecule has 1 saturated heterocycles. The van der Waals surface area contributed by atoms with Gasteiger partial charge in [-0.15, -0.1) is 0 Å². The normalized spacial score (nSPS) is 23.6. The second kappa shape index (κ2) is 6.38. The minimum Gasteiger partial charge on any atom is -0.369 e. The van der Waals surface area contributed by atoms with Crippen molar-refractivity contribution in [1.29, 1.82) is 0 Å². The van der Waals surface area contributed by atoms with Crippen LogP contribution in [0.4, 0.5) is 11.5 Å². The largest absolute Gasteiger partial charge is 0.369 e. The third kappa shape index (κ3) is 3.01. The van der Waals surface area contributed by atoms with Gasteiger partial charge < -0.3 is 15.1 Å². The summed E-state index contributed by atoms with van der Waals surface area (Å²) in [6.45, 7) is 8.95. The quantitative estimate of drug-likeness (QED) is 0.930. The van der Waals surface area contributed by atoms with Crippen molar-refractivity contribution in [2.24, 2.45) is 11.8 Å². The molecule has 1 aromatic heterocycles. The van der Waals surface area contributed by atoms with E-state index in [9.17, 15) is 4.79 Å². The van der Waals surface area contributed by atoms with Crippen LogP contribution in [0.2, 0.25) is 0 Å². The Balaban J connectivity index is 1.82. The van der Waals surface area contributed by atoms with Crippen molar-refractivity contribution in [1.82, 2.24) is 9.88 Å². The maximum absolute atomic E-state index is 12.4. The number of nitrogens with zero attached hydrogens (tertiary/aromatic N) is 3. The first-order chi connectivity index (χ1) is 11.0. The van der Waals surface area contributed by atoms with Crippen LogP contribution >= 0.6 is 0 Å². The molecule has 0 spiro atoms. The fourth-order valence-corrected chi connectivity index (χ4v) is 3.81. The van der Waals surface area contributed by atoms with Gasteiger partial charge in [-0.3, -0.25) is 4.79 Å². The fourth-order valence-electron chi connectivity index (χ4n) is 3.81. The Morgan fingerprint density at radius 3 is 3.00 bits per heavy atom. The van der Waals surface area contributed by atoms with Gasteiger partial charge in [0.05, 0.1) is 0 Å². The summed E-state index contributed by atoms with van der Waals surface area (Å²) in [5.41, 5.74) is 2.57. The smallest absolute Gasteiger partial charge is 0.225 e. The lowest BCUT2D eigenvalue weighted by Crippen LogP contribution is -2.53. The van der Waals surface area contributed by atoms with Crippen LogP contribution in [0.25, 0.3) is 0 Å². The predicted molar refractivity (Wildman–Crippen MR) is 93.8 cm³/mol. The third-order valence-corrected chi connectivity index (χ3v) is 5.30. The Bertz CT molecular complexity index is 586. The van der Waals surface area contributed by atoms with Gasteiger partial charge in [-0.2, -0.15) is 0 Å². The lowest BCUT2D eigenvalue weighted by molar-refractivity contribution is -0.136. The number of pyridine rings is 1. The van der Waals surface area contributed by atoms with Crippen LogP contribution in [0.15, 0.2) is 12.3 Å². The van der Waals surface area contributed by atoms with Crippen LogP contribution in [0, 0.1) is 11.8 Å². The number of rotatable bonds is 3. The molecule has 126 valence electrons. The van der Waals surface area contributed by atoms with Gasteiger partial charge in [-0.05, 0) is 24.8 Å². The number of carbonyl (C=O) groups excluding carboxylic acids is 1. The summed E-state index contributed by atoms with van der Waals surface area (Å²) in [5, 5.41) is 3.35. The first-order valence-corrected chi connectivity index (χ1v) is 8.72. The molecule has 1 fully saturated rings. The van der Waals surface area contributed by atoms with E-state index in [1.165, 1.54) is 11.3 Å². The SMILES string of the molecule is CC(C)C(=O)N1CC[C@@H](C)C(N(C)c2ccnc3c2CCN3)C1. The van der Waals surface area contributed by atoms with Crippen molar-refractivity contribution in [3.05, 3.63) is 17.8 Å². The first-order valence-electron chi connectivity index (χ1n) is 8.72. The number of aromatic nitrogens is 1. The fraction of sp³-hybridized carbons (Fsp3) is 0.667. The molecule has 5 nitrogen and oxygen atoms in total.